The molecule has 0 spiro atoms. The van der Waals surface area contributed by atoms with Gasteiger partial charge in [0.2, 0.25) is 0 Å². The lowest BCUT2D eigenvalue weighted by molar-refractivity contribution is -0.131. The Morgan fingerprint density at radius 1 is 1.45 bits per heavy atom. The Bertz CT molecular complexity index is 678. The van der Waals surface area contributed by atoms with Gasteiger partial charge in [0.25, 0.3) is 5.91 Å². The second-order valence-corrected chi connectivity index (χ2v) is 3.71. The first-order chi connectivity index (χ1) is 9.56. The van der Waals surface area contributed by atoms with Gasteiger partial charge < -0.3 is 9.63 Å². The van der Waals surface area contributed by atoms with Crippen LogP contribution in [-0.4, -0.2) is 32.1 Å². The van der Waals surface area contributed by atoms with Gasteiger partial charge in [-0.25, -0.2) is 4.79 Å². The fourth-order valence-electron chi connectivity index (χ4n) is 1.41. The van der Waals surface area contributed by atoms with E-state index in [1.807, 2.05) is 0 Å². The van der Waals surface area contributed by atoms with Crippen LogP contribution in [0, 0.1) is 6.92 Å². The first kappa shape index (κ1) is 13.4. The van der Waals surface area contributed by atoms with Gasteiger partial charge in [0.05, 0.1) is 0 Å². The van der Waals surface area contributed by atoms with E-state index in [9.17, 15) is 9.59 Å². The molecule has 20 heavy (non-hydrogen) atoms. The van der Waals surface area contributed by atoms with Crippen molar-refractivity contribution < 1.29 is 19.2 Å². The topological polar surface area (TPSA) is 118 Å². The van der Waals surface area contributed by atoms with Crippen molar-refractivity contribution in [3.8, 4) is 0 Å². The van der Waals surface area contributed by atoms with Crippen molar-refractivity contribution in [2.75, 3.05) is 5.32 Å². The Labute approximate surface area is 113 Å². The van der Waals surface area contributed by atoms with Crippen LogP contribution in [0.15, 0.2) is 28.9 Å². The maximum absolute atomic E-state index is 12.0. The number of pyridine rings is 1. The third kappa shape index (κ3) is 3.25. The van der Waals surface area contributed by atoms with Crippen LogP contribution in [0.2, 0.25) is 0 Å². The van der Waals surface area contributed by atoms with Gasteiger partial charge in [0.1, 0.15) is 5.69 Å². The summed E-state index contributed by atoms with van der Waals surface area (Å²) in [6, 6.07) is 3.11. The predicted octanol–water partition coefficient (Wildman–Crippen LogP) is 1.12. The number of carboxylic acids is 1. The van der Waals surface area contributed by atoms with Gasteiger partial charge in [-0.3, -0.25) is 15.1 Å². The number of aliphatic carboxylic acids is 1. The lowest BCUT2D eigenvalue weighted by atomic mass is 10.1. The van der Waals surface area contributed by atoms with Crippen molar-refractivity contribution in [2.45, 2.75) is 6.92 Å². The van der Waals surface area contributed by atoms with Crippen LogP contribution < -0.4 is 5.32 Å². The first-order valence-electron chi connectivity index (χ1n) is 5.54. The third-order valence-electron chi connectivity index (χ3n) is 2.21. The second-order valence-electron chi connectivity index (χ2n) is 3.71. The number of hydrogen-bond donors (Lipinski definition) is 2. The zero-order valence-corrected chi connectivity index (χ0v) is 10.4. The number of carboxylic acid groups (broad SMARTS) is 1. The van der Waals surface area contributed by atoms with Crippen molar-refractivity contribution in [1.82, 2.24) is 15.1 Å². The summed E-state index contributed by atoms with van der Waals surface area (Å²) in [4.78, 5) is 30.3. The van der Waals surface area contributed by atoms with Crippen LogP contribution in [-0.2, 0) is 4.79 Å². The maximum Gasteiger partial charge on any atom is 0.328 e. The number of rotatable bonds is 4. The fraction of sp³-hybridized carbons (Fsp3) is 0.0833. The number of carbonyl (C=O) groups is 2. The minimum absolute atomic E-state index is 0.0497. The maximum atomic E-state index is 12.0. The zero-order valence-electron chi connectivity index (χ0n) is 10.4. The molecule has 2 aromatic heterocycles. The molecule has 0 aliphatic rings. The lowest BCUT2D eigenvalue weighted by Crippen LogP contribution is -2.15. The molecule has 2 heterocycles. The molecule has 0 atom stereocenters. The fourth-order valence-corrected chi connectivity index (χ4v) is 1.41. The molecule has 0 fully saturated rings. The number of nitrogens with one attached hydrogen (secondary N) is 1. The number of aromatic nitrogens is 3. The Hall–Kier alpha value is -3.03. The highest BCUT2D eigenvalue weighted by atomic mass is 16.5. The van der Waals surface area contributed by atoms with Crippen LogP contribution in [0.5, 0.6) is 0 Å². The molecular weight excluding hydrogens is 264 g/mol. The summed E-state index contributed by atoms with van der Waals surface area (Å²) in [6.45, 7) is 1.61. The van der Waals surface area contributed by atoms with Crippen LogP contribution in [0.3, 0.4) is 0 Å². The van der Waals surface area contributed by atoms with E-state index in [0.717, 1.165) is 6.08 Å². The molecule has 0 saturated heterocycles. The van der Waals surface area contributed by atoms with Crippen molar-refractivity contribution in [1.29, 1.82) is 0 Å². The number of carbonyl (C=O) groups excluding carboxylic acids is 1. The average Bonchev–Trinajstić information content (AvgIpc) is 2.82. The van der Waals surface area contributed by atoms with Crippen LogP contribution in [0.1, 0.15) is 21.9 Å². The summed E-state index contributed by atoms with van der Waals surface area (Å²) in [6.07, 6.45) is 3.63. The molecule has 2 N–H and O–H groups in total. The number of hydrogen-bond acceptors (Lipinski definition) is 6. The van der Waals surface area contributed by atoms with E-state index in [2.05, 4.69) is 20.4 Å². The minimum Gasteiger partial charge on any atom is -0.478 e. The van der Waals surface area contributed by atoms with E-state index in [-0.39, 0.29) is 11.7 Å². The molecule has 0 bridgehead atoms. The van der Waals surface area contributed by atoms with Crippen molar-refractivity contribution >= 4 is 24.0 Å². The molecule has 102 valence electrons. The van der Waals surface area contributed by atoms with Gasteiger partial charge in [0, 0.05) is 17.8 Å². The molecule has 1 amide bonds. The number of aryl methyl sites for hydroxylation is 1. The van der Waals surface area contributed by atoms with Crippen LogP contribution in [0.25, 0.3) is 6.08 Å². The van der Waals surface area contributed by atoms with Gasteiger partial charge in [-0.05, 0) is 19.1 Å². The first-order valence-corrected chi connectivity index (χ1v) is 5.54. The standard InChI is InChI=1S/C12H10N4O4/c1-7-14-12(20-16-7)15-11(19)10-8(3-2-6-13-10)4-5-9(17)18/h2-6H,1H3,(H,17,18)(H,14,15,16,19)/b5-4+. The molecular formula is C12H10N4O4. The van der Waals surface area contributed by atoms with E-state index >= 15 is 0 Å². The monoisotopic (exact) mass is 274 g/mol. The van der Waals surface area contributed by atoms with Crippen LogP contribution >= 0.6 is 0 Å². The lowest BCUT2D eigenvalue weighted by Gasteiger charge is -2.03. The molecule has 0 aliphatic carbocycles. The molecule has 8 heteroatoms. The summed E-state index contributed by atoms with van der Waals surface area (Å²) in [5.74, 6) is -1.31. The minimum atomic E-state index is -1.12. The second kappa shape index (κ2) is 5.74. The Kier molecular flexibility index (Phi) is 3.85. The van der Waals surface area contributed by atoms with E-state index in [4.69, 9.17) is 9.63 Å². The molecule has 0 aromatic carbocycles. The summed E-state index contributed by atoms with van der Waals surface area (Å²) >= 11 is 0. The van der Waals surface area contributed by atoms with Crippen molar-refractivity contribution in [2.24, 2.45) is 0 Å². The summed E-state index contributed by atoms with van der Waals surface area (Å²) in [7, 11) is 0. The van der Waals surface area contributed by atoms with Crippen molar-refractivity contribution in [3.05, 3.63) is 41.5 Å². The highest BCUT2D eigenvalue weighted by molar-refractivity contribution is 6.04. The SMILES string of the molecule is Cc1noc(NC(=O)c2ncccc2/C=C/C(=O)O)n1. The quantitative estimate of drug-likeness (QED) is 0.802. The van der Waals surface area contributed by atoms with E-state index in [1.165, 1.54) is 12.3 Å². The molecule has 0 radical (unpaired) electrons. The van der Waals surface area contributed by atoms with E-state index in [0.29, 0.717) is 11.4 Å². The molecule has 2 rings (SSSR count). The third-order valence-corrected chi connectivity index (χ3v) is 2.21. The van der Waals surface area contributed by atoms with Gasteiger partial charge in [-0.2, -0.15) is 4.98 Å². The highest BCUT2D eigenvalue weighted by Gasteiger charge is 2.14. The van der Waals surface area contributed by atoms with Gasteiger partial charge in [-0.1, -0.05) is 11.2 Å². The Morgan fingerprint density at radius 2 is 2.25 bits per heavy atom. The summed E-state index contributed by atoms with van der Waals surface area (Å²) in [5.41, 5.74) is 0.421. The molecule has 0 unspecified atom stereocenters. The molecule has 8 nitrogen and oxygen atoms in total. The summed E-state index contributed by atoms with van der Waals surface area (Å²) in [5, 5.41) is 14.5. The average molecular weight is 274 g/mol. The van der Waals surface area contributed by atoms with E-state index in [1.54, 1.807) is 19.1 Å². The highest BCUT2D eigenvalue weighted by Crippen LogP contribution is 2.11. The Balaban J connectivity index is 2.23. The Morgan fingerprint density at radius 3 is 2.90 bits per heavy atom. The zero-order chi connectivity index (χ0) is 14.5. The number of anilines is 1. The summed E-state index contributed by atoms with van der Waals surface area (Å²) < 4.78 is 4.76. The predicted molar refractivity (Wildman–Crippen MR) is 67.9 cm³/mol. The number of nitrogens with zero attached hydrogens (tertiary/aromatic N) is 3. The number of amides is 1. The van der Waals surface area contributed by atoms with Crippen LogP contribution in [0.4, 0.5) is 6.01 Å². The molecule has 0 saturated carbocycles. The van der Waals surface area contributed by atoms with Crippen molar-refractivity contribution in [3.63, 3.8) is 0 Å². The van der Waals surface area contributed by atoms with E-state index < -0.39 is 11.9 Å². The molecule has 2 aromatic rings. The largest absolute Gasteiger partial charge is 0.478 e. The van der Waals surface area contributed by atoms with Gasteiger partial charge >= 0.3 is 12.0 Å². The van der Waals surface area contributed by atoms with Gasteiger partial charge in [-0.15, -0.1) is 0 Å². The smallest absolute Gasteiger partial charge is 0.328 e. The van der Waals surface area contributed by atoms with Gasteiger partial charge in [0.15, 0.2) is 5.82 Å². The normalized spacial score (nSPS) is 10.7. The molecule has 0 aliphatic heterocycles.